The van der Waals surface area contributed by atoms with Crippen LogP contribution in [0.4, 0.5) is 11.4 Å². The normalized spacial score (nSPS) is 20.4. The molecular formula is C13H20N2O. The van der Waals surface area contributed by atoms with Crippen molar-refractivity contribution in [2.24, 2.45) is 5.92 Å². The van der Waals surface area contributed by atoms with Crippen molar-refractivity contribution in [1.29, 1.82) is 0 Å². The molecule has 0 aromatic heterocycles. The molecule has 0 radical (unpaired) electrons. The molecule has 16 heavy (non-hydrogen) atoms. The molecule has 0 amide bonds. The number of nitrogens with zero attached hydrogens (tertiary/aromatic N) is 1. The van der Waals surface area contributed by atoms with Crippen molar-refractivity contribution in [3.8, 4) is 0 Å². The lowest BCUT2D eigenvalue weighted by molar-refractivity contribution is 0.161. The van der Waals surface area contributed by atoms with E-state index in [-0.39, 0.29) is 0 Å². The van der Waals surface area contributed by atoms with E-state index in [0.717, 1.165) is 30.9 Å². The number of nitrogen functional groups attached to an aromatic ring is 1. The van der Waals surface area contributed by atoms with E-state index in [0.29, 0.717) is 5.92 Å². The molecule has 1 atom stereocenters. The maximum Gasteiger partial charge on any atom is 0.0508 e. The second-order valence-corrected chi connectivity index (χ2v) is 4.60. The Morgan fingerprint density at radius 3 is 3.00 bits per heavy atom. The molecule has 1 unspecified atom stereocenters. The van der Waals surface area contributed by atoms with Gasteiger partial charge >= 0.3 is 0 Å². The monoisotopic (exact) mass is 220 g/mol. The molecule has 1 aromatic carbocycles. The molecule has 0 saturated carbocycles. The Hall–Kier alpha value is -1.22. The van der Waals surface area contributed by atoms with Crippen molar-refractivity contribution >= 4 is 11.4 Å². The van der Waals surface area contributed by atoms with Crippen LogP contribution in [0.25, 0.3) is 0 Å². The molecule has 0 spiro atoms. The largest absolute Gasteiger partial charge is 0.398 e. The van der Waals surface area contributed by atoms with E-state index >= 15 is 0 Å². The number of benzene rings is 1. The quantitative estimate of drug-likeness (QED) is 0.792. The molecule has 2 N–H and O–H groups in total. The fourth-order valence-electron chi connectivity index (χ4n) is 2.26. The van der Waals surface area contributed by atoms with Crippen LogP contribution in [-0.4, -0.2) is 26.8 Å². The third-order valence-electron chi connectivity index (χ3n) is 3.32. The number of hydrogen-bond acceptors (Lipinski definition) is 3. The summed E-state index contributed by atoms with van der Waals surface area (Å²) in [6.45, 7) is 5.08. The van der Waals surface area contributed by atoms with E-state index < -0.39 is 0 Å². The van der Waals surface area contributed by atoms with Gasteiger partial charge in [0.2, 0.25) is 0 Å². The Morgan fingerprint density at radius 2 is 2.31 bits per heavy atom. The highest BCUT2D eigenvalue weighted by Gasteiger charge is 2.22. The Labute approximate surface area is 97.2 Å². The standard InChI is InChI=1S/C13H20N2O/c1-10-3-4-12(7-13(10)14)15-6-5-11(8-15)9-16-2/h3-4,7,11H,5-6,8-9,14H2,1-2H3. The smallest absolute Gasteiger partial charge is 0.0508 e. The van der Waals surface area contributed by atoms with Crippen LogP contribution >= 0.6 is 0 Å². The highest BCUT2D eigenvalue weighted by Crippen LogP contribution is 2.26. The van der Waals surface area contributed by atoms with E-state index in [4.69, 9.17) is 10.5 Å². The summed E-state index contributed by atoms with van der Waals surface area (Å²) in [7, 11) is 1.77. The van der Waals surface area contributed by atoms with Crippen LogP contribution in [-0.2, 0) is 4.74 Å². The van der Waals surface area contributed by atoms with E-state index in [1.165, 1.54) is 12.1 Å². The van der Waals surface area contributed by atoms with Crippen molar-refractivity contribution in [3.05, 3.63) is 23.8 Å². The van der Waals surface area contributed by atoms with Gasteiger partial charge in [-0.25, -0.2) is 0 Å². The van der Waals surface area contributed by atoms with E-state index in [2.05, 4.69) is 23.1 Å². The first kappa shape index (κ1) is 11.3. The third-order valence-corrected chi connectivity index (χ3v) is 3.32. The number of methoxy groups -OCH3 is 1. The fraction of sp³-hybridized carbons (Fsp3) is 0.538. The molecule has 1 fully saturated rings. The zero-order valence-electron chi connectivity index (χ0n) is 10.1. The van der Waals surface area contributed by atoms with Crippen molar-refractivity contribution in [1.82, 2.24) is 0 Å². The van der Waals surface area contributed by atoms with Crippen LogP contribution in [0, 0.1) is 12.8 Å². The van der Waals surface area contributed by atoms with Gasteiger partial charge in [0.05, 0.1) is 6.61 Å². The van der Waals surface area contributed by atoms with Gasteiger partial charge in [-0.15, -0.1) is 0 Å². The second-order valence-electron chi connectivity index (χ2n) is 4.60. The lowest BCUT2D eigenvalue weighted by Crippen LogP contribution is -2.21. The molecule has 2 rings (SSSR count). The minimum absolute atomic E-state index is 0.660. The van der Waals surface area contributed by atoms with Gasteiger partial charge in [-0.1, -0.05) is 6.07 Å². The second kappa shape index (κ2) is 4.74. The first-order valence-corrected chi connectivity index (χ1v) is 5.80. The lowest BCUT2D eigenvalue weighted by Gasteiger charge is -2.19. The molecule has 3 nitrogen and oxygen atoms in total. The minimum Gasteiger partial charge on any atom is -0.398 e. The van der Waals surface area contributed by atoms with Gasteiger partial charge in [-0.2, -0.15) is 0 Å². The van der Waals surface area contributed by atoms with Crippen LogP contribution in [0.5, 0.6) is 0 Å². The maximum atomic E-state index is 5.93. The van der Waals surface area contributed by atoms with Crippen LogP contribution < -0.4 is 10.6 Å². The summed E-state index contributed by atoms with van der Waals surface area (Å²) < 4.78 is 5.20. The Balaban J connectivity index is 2.05. The predicted molar refractivity (Wildman–Crippen MR) is 67.8 cm³/mol. The number of ether oxygens (including phenoxy) is 1. The molecule has 1 aromatic rings. The molecule has 1 heterocycles. The molecule has 88 valence electrons. The van der Waals surface area contributed by atoms with Crippen LogP contribution in [0.15, 0.2) is 18.2 Å². The Bertz CT molecular complexity index is 365. The summed E-state index contributed by atoms with van der Waals surface area (Å²) in [4.78, 5) is 2.39. The van der Waals surface area contributed by atoms with Gasteiger partial charge < -0.3 is 15.4 Å². The van der Waals surface area contributed by atoms with Gasteiger partial charge in [-0.3, -0.25) is 0 Å². The number of rotatable bonds is 3. The van der Waals surface area contributed by atoms with E-state index in [9.17, 15) is 0 Å². The van der Waals surface area contributed by atoms with Crippen LogP contribution in [0.2, 0.25) is 0 Å². The molecule has 1 aliphatic rings. The average molecular weight is 220 g/mol. The summed E-state index contributed by atoms with van der Waals surface area (Å²) in [6.07, 6.45) is 1.21. The van der Waals surface area contributed by atoms with Crippen LogP contribution in [0.3, 0.4) is 0 Å². The highest BCUT2D eigenvalue weighted by atomic mass is 16.5. The average Bonchev–Trinajstić information content (AvgIpc) is 2.71. The van der Waals surface area contributed by atoms with E-state index in [1.807, 2.05) is 6.92 Å². The number of nitrogens with two attached hydrogens (primary N) is 1. The van der Waals surface area contributed by atoms with E-state index in [1.54, 1.807) is 7.11 Å². The zero-order chi connectivity index (χ0) is 11.5. The first-order valence-electron chi connectivity index (χ1n) is 5.80. The Morgan fingerprint density at radius 1 is 1.50 bits per heavy atom. The maximum absolute atomic E-state index is 5.93. The number of anilines is 2. The van der Waals surface area contributed by atoms with Crippen molar-refractivity contribution in [2.75, 3.05) is 37.4 Å². The molecule has 1 saturated heterocycles. The van der Waals surface area contributed by atoms with Gasteiger partial charge in [-0.05, 0) is 31.0 Å². The lowest BCUT2D eigenvalue weighted by atomic mass is 10.1. The molecule has 1 aliphatic heterocycles. The minimum atomic E-state index is 0.660. The van der Waals surface area contributed by atoms with Gasteiger partial charge in [0.15, 0.2) is 0 Å². The summed E-state index contributed by atoms with van der Waals surface area (Å²) >= 11 is 0. The topological polar surface area (TPSA) is 38.5 Å². The Kier molecular flexibility index (Phi) is 3.34. The zero-order valence-corrected chi connectivity index (χ0v) is 10.1. The highest BCUT2D eigenvalue weighted by molar-refractivity contribution is 5.60. The fourth-order valence-corrected chi connectivity index (χ4v) is 2.26. The number of hydrogen-bond donors (Lipinski definition) is 1. The molecular weight excluding hydrogens is 200 g/mol. The molecule has 0 aliphatic carbocycles. The number of aryl methyl sites for hydroxylation is 1. The van der Waals surface area contributed by atoms with Crippen LogP contribution in [0.1, 0.15) is 12.0 Å². The molecule has 3 heteroatoms. The first-order chi connectivity index (χ1) is 7.70. The third kappa shape index (κ3) is 2.30. The van der Waals surface area contributed by atoms with Gasteiger partial charge in [0.1, 0.15) is 0 Å². The van der Waals surface area contributed by atoms with Crippen molar-refractivity contribution < 1.29 is 4.74 Å². The summed E-state index contributed by atoms with van der Waals surface area (Å²) in [6, 6.07) is 6.32. The van der Waals surface area contributed by atoms with Gasteiger partial charge in [0.25, 0.3) is 0 Å². The summed E-state index contributed by atoms with van der Waals surface area (Å²) in [5.41, 5.74) is 9.20. The van der Waals surface area contributed by atoms with Crippen molar-refractivity contribution in [2.45, 2.75) is 13.3 Å². The van der Waals surface area contributed by atoms with Gasteiger partial charge in [0, 0.05) is 37.5 Å². The summed E-state index contributed by atoms with van der Waals surface area (Å²) in [5.74, 6) is 0.660. The predicted octanol–water partition coefficient (Wildman–Crippen LogP) is 2.05. The SMILES string of the molecule is COCC1CCN(c2ccc(C)c(N)c2)C1. The summed E-state index contributed by atoms with van der Waals surface area (Å²) in [5, 5.41) is 0. The van der Waals surface area contributed by atoms with Crippen molar-refractivity contribution in [3.63, 3.8) is 0 Å². The molecule has 0 bridgehead atoms.